The maximum atomic E-state index is 14.5. The molecule has 0 N–H and O–H groups in total. The molecule has 2 fully saturated rings. The molecule has 2 heterocycles. The van der Waals surface area contributed by atoms with Gasteiger partial charge in [-0.15, -0.1) is 0 Å². The number of aliphatic imine (C=N–C) groups is 1. The maximum absolute atomic E-state index is 14.5. The zero-order valence-electron chi connectivity index (χ0n) is 11.9. The highest BCUT2D eigenvalue weighted by Gasteiger charge is 2.64. The largest absolute Gasteiger partial charge is 0.329 e. The van der Waals surface area contributed by atoms with Crippen LogP contribution in [0.4, 0.5) is 18.4 Å². The van der Waals surface area contributed by atoms with Gasteiger partial charge in [0.2, 0.25) is 0 Å². The van der Waals surface area contributed by atoms with E-state index in [9.17, 15) is 12.7 Å². The van der Waals surface area contributed by atoms with E-state index in [-0.39, 0.29) is 18.6 Å². The molecule has 1 saturated heterocycles. The summed E-state index contributed by atoms with van der Waals surface area (Å²) in [5.74, 6) is -2.37. The maximum Gasteiger partial charge on any atom is 0.260 e. The molecular formula is C16H15F3N2S. The number of nitrogens with zero attached hydrogens (tertiary/aromatic N) is 2. The van der Waals surface area contributed by atoms with Gasteiger partial charge in [0.05, 0.1) is 28.1 Å². The van der Waals surface area contributed by atoms with E-state index in [1.165, 1.54) is 0 Å². The normalized spacial score (nSPS) is 28.8. The molecule has 1 aliphatic carbocycles. The van der Waals surface area contributed by atoms with Crippen LogP contribution in [0.2, 0.25) is 0 Å². The van der Waals surface area contributed by atoms with Gasteiger partial charge in [-0.3, -0.25) is 0 Å². The number of fused-ring (bicyclic) bond motifs is 3. The summed E-state index contributed by atoms with van der Waals surface area (Å²) in [6, 6.07) is 5.17. The van der Waals surface area contributed by atoms with Crippen molar-refractivity contribution in [1.29, 1.82) is 0 Å². The predicted octanol–water partition coefficient (Wildman–Crippen LogP) is 5.19. The van der Waals surface area contributed by atoms with Gasteiger partial charge in [-0.05, 0) is 25.3 Å². The second-order valence-corrected chi connectivity index (χ2v) is 6.75. The molecule has 0 aromatic heterocycles. The van der Waals surface area contributed by atoms with Gasteiger partial charge in [-0.2, -0.15) is 3.89 Å². The molecule has 3 aliphatic rings. The summed E-state index contributed by atoms with van der Waals surface area (Å²) in [4.78, 5) is 6.66. The van der Waals surface area contributed by atoms with E-state index in [4.69, 9.17) is 0 Å². The van der Waals surface area contributed by atoms with Gasteiger partial charge < -0.3 is 4.90 Å². The molecule has 1 unspecified atom stereocenters. The second-order valence-electron chi connectivity index (χ2n) is 6.15. The Bertz CT molecular complexity index is 701. The lowest BCUT2D eigenvalue weighted by molar-refractivity contribution is -0.0628. The first-order valence-electron chi connectivity index (χ1n) is 7.36. The highest BCUT2D eigenvalue weighted by molar-refractivity contribution is 7.94. The lowest BCUT2D eigenvalue weighted by atomic mass is 9.80. The molecule has 1 aromatic carbocycles. The minimum Gasteiger partial charge on any atom is -0.329 e. The van der Waals surface area contributed by atoms with Crippen LogP contribution in [0, 0.1) is 5.41 Å². The highest BCUT2D eigenvalue weighted by Crippen LogP contribution is 2.59. The third kappa shape index (κ3) is 1.62. The number of alkyl halides is 2. The quantitative estimate of drug-likeness (QED) is 0.706. The van der Waals surface area contributed by atoms with E-state index >= 15 is 0 Å². The third-order valence-electron chi connectivity index (χ3n) is 5.18. The van der Waals surface area contributed by atoms with Crippen molar-refractivity contribution in [3.8, 4) is 0 Å². The zero-order chi connectivity index (χ0) is 15.5. The van der Waals surface area contributed by atoms with Crippen molar-refractivity contribution in [2.75, 3.05) is 6.54 Å². The van der Waals surface area contributed by atoms with Crippen molar-refractivity contribution in [3.63, 3.8) is 0 Å². The van der Waals surface area contributed by atoms with Gasteiger partial charge in [0.1, 0.15) is 5.84 Å². The van der Waals surface area contributed by atoms with Gasteiger partial charge in [0.15, 0.2) is 0 Å². The van der Waals surface area contributed by atoms with E-state index in [0.29, 0.717) is 47.9 Å². The lowest BCUT2D eigenvalue weighted by Crippen LogP contribution is -2.44. The molecular weight excluding hydrogens is 309 g/mol. The first kappa shape index (κ1) is 14.2. The Balaban J connectivity index is 1.93. The van der Waals surface area contributed by atoms with E-state index in [1.807, 2.05) is 6.07 Å². The molecule has 4 rings (SSSR count). The first-order valence-corrected chi connectivity index (χ1v) is 8.07. The fourth-order valence-corrected chi connectivity index (χ4v) is 4.37. The predicted molar refractivity (Wildman–Crippen MR) is 82.1 cm³/mol. The average Bonchev–Trinajstić information content (AvgIpc) is 3.02. The van der Waals surface area contributed by atoms with Crippen LogP contribution in [0.15, 0.2) is 34.7 Å². The number of hydrogen-bond donors (Lipinski definition) is 0. The Morgan fingerprint density at radius 3 is 2.73 bits per heavy atom. The topological polar surface area (TPSA) is 15.6 Å². The van der Waals surface area contributed by atoms with Gasteiger partial charge in [0, 0.05) is 24.2 Å². The lowest BCUT2D eigenvalue weighted by Gasteiger charge is -2.36. The van der Waals surface area contributed by atoms with Gasteiger partial charge in [0.25, 0.3) is 5.92 Å². The zero-order valence-corrected chi connectivity index (χ0v) is 12.7. The highest BCUT2D eigenvalue weighted by atomic mass is 32.2. The molecule has 6 heteroatoms. The van der Waals surface area contributed by atoms with Crippen LogP contribution in [0.25, 0.3) is 5.70 Å². The fourth-order valence-electron chi connectivity index (χ4n) is 4.01. The SMILES string of the molecule is C=C1c2cccc(SF)c2N=C2N1CCC21CCCC1(F)F. The van der Waals surface area contributed by atoms with Gasteiger partial charge in [-0.1, -0.05) is 18.7 Å². The van der Waals surface area contributed by atoms with Crippen LogP contribution < -0.4 is 0 Å². The summed E-state index contributed by atoms with van der Waals surface area (Å²) in [6.07, 6.45) is 1.21. The number of halogens is 3. The van der Waals surface area contributed by atoms with E-state index in [0.717, 1.165) is 5.56 Å². The Morgan fingerprint density at radius 2 is 2.05 bits per heavy atom. The van der Waals surface area contributed by atoms with Crippen molar-refractivity contribution < 1.29 is 12.7 Å². The van der Waals surface area contributed by atoms with Crippen molar-refractivity contribution in [2.45, 2.75) is 36.5 Å². The summed E-state index contributed by atoms with van der Waals surface area (Å²) in [5.41, 5.74) is 0.609. The molecule has 1 spiro atoms. The molecule has 0 amide bonds. The van der Waals surface area contributed by atoms with Gasteiger partial charge >= 0.3 is 0 Å². The summed E-state index contributed by atoms with van der Waals surface area (Å²) in [7, 11) is 0. The molecule has 2 nitrogen and oxygen atoms in total. The van der Waals surface area contributed by atoms with Crippen LogP contribution in [0.1, 0.15) is 31.2 Å². The second kappa shape index (κ2) is 4.54. The molecule has 22 heavy (non-hydrogen) atoms. The minimum atomic E-state index is -2.75. The van der Waals surface area contributed by atoms with E-state index in [2.05, 4.69) is 11.6 Å². The van der Waals surface area contributed by atoms with E-state index in [1.54, 1.807) is 17.0 Å². The molecule has 1 aromatic rings. The Labute approximate surface area is 131 Å². The molecule has 1 atom stereocenters. The van der Waals surface area contributed by atoms with Crippen LogP contribution in [-0.4, -0.2) is 23.2 Å². The molecule has 0 radical (unpaired) electrons. The van der Waals surface area contributed by atoms with Crippen LogP contribution in [0.3, 0.4) is 0 Å². The van der Waals surface area contributed by atoms with Crippen LogP contribution in [-0.2, 0) is 0 Å². The van der Waals surface area contributed by atoms with Crippen molar-refractivity contribution in [2.24, 2.45) is 10.4 Å². The minimum absolute atomic E-state index is 0.0963. The Kier molecular flexibility index (Phi) is 2.92. The molecule has 1 saturated carbocycles. The summed E-state index contributed by atoms with van der Waals surface area (Å²) in [5, 5.41) is 0. The van der Waals surface area contributed by atoms with Crippen LogP contribution in [0.5, 0.6) is 0 Å². The van der Waals surface area contributed by atoms with Gasteiger partial charge in [-0.25, -0.2) is 13.8 Å². The molecule has 0 bridgehead atoms. The smallest absolute Gasteiger partial charge is 0.260 e. The average molecular weight is 324 g/mol. The van der Waals surface area contributed by atoms with Crippen molar-refractivity contribution >= 4 is 29.4 Å². The Hall–Kier alpha value is -1.43. The fraction of sp³-hybridized carbons (Fsp3) is 0.438. The molecule has 2 aliphatic heterocycles. The number of benzene rings is 1. The monoisotopic (exact) mass is 324 g/mol. The Morgan fingerprint density at radius 1 is 1.23 bits per heavy atom. The van der Waals surface area contributed by atoms with E-state index < -0.39 is 11.3 Å². The number of para-hydroxylation sites is 1. The summed E-state index contributed by atoms with van der Waals surface area (Å²) >= 11 is 0.0963. The standard InChI is InChI=1S/C16H15F3N2S/c1-10-11-4-2-5-12(22-19)13(11)20-14-15(8-9-21(10)14)6-3-7-16(15,17)18/h2,4-5H,1,3,6-9H2. The number of hydrogen-bond acceptors (Lipinski definition) is 3. The number of amidine groups is 1. The van der Waals surface area contributed by atoms with Crippen LogP contribution >= 0.6 is 12.1 Å². The van der Waals surface area contributed by atoms with Crippen molar-refractivity contribution in [3.05, 3.63) is 30.3 Å². The summed E-state index contributed by atoms with van der Waals surface area (Å²) < 4.78 is 42.3. The van der Waals surface area contributed by atoms with Crippen molar-refractivity contribution in [1.82, 2.24) is 4.90 Å². The summed E-state index contributed by atoms with van der Waals surface area (Å²) in [6.45, 7) is 4.54. The number of rotatable bonds is 1. The first-order chi connectivity index (χ1) is 10.5. The third-order valence-corrected chi connectivity index (χ3v) is 5.67. The molecule has 116 valence electrons.